The van der Waals surface area contributed by atoms with Crippen LogP contribution in [0.5, 0.6) is 0 Å². The van der Waals surface area contributed by atoms with E-state index in [1.54, 1.807) is 54.6 Å². The van der Waals surface area contributed by atoms with Gasteiger partial charge in [-0.1, -0.05) is 54.6 Å². The number of aliphatic hydroxyl groups excluding tert-OH is 1. The van der Waals surface area contributed by atoms with Gasteiger partial charge in [0, 0.05) is 0 Å². The molecule has 0 saturated carbocycles. The Morgan fingerprint density at radius 1 is 0.750 bits per heavy atom. The molecule has 2 N–H and O–H groups in total. The van der Waals surface area contributed by atoms with E-state index < -0.39 is 48.3 Å². The number of hydrogen-bond acceptors (Lipinski definition) is 9. The Hall–Kier alpha value is -4.05. The van der Waals surface area contributed by atoms with E-state index >= 15 is 0 Å². The third-order valence-electron chi connectivity index (χ3n) is 5.80. The molecule has 1 saturated heterocycles. The Bertz CT molecular complexity index is 1220. The van der Waals surface area contributed by atoms with Gasteiger partial charge in [-0.3, -0.25) is 0 Å². The summed E-state index contributed by atoms with van der Waals surface area (Å²) >= 11 is 0. The molecule has 0 spiro atoms. The van der Waals surface area contributed by atoms with Gasteiger partial charge in [0.15, 0.2) is 6.10 Å². The number of carbonyl (C=O) groups is 3. The molecule has 0 bridgehead atoms. The van der Waals surface area contributed by atoms with Crippen molar-refractivity contribution >= 4 is 17.9 Å². The normalized spacial score (nSPS) is 25.1. The van der Waals surface area contributed by atoms with Crippen LogP contribution in [0.3, 0.4) is 0 Å². The van der Waals surface area contributed by atoms with Crippen molar-refractivity contribution in [2.75, 3.05) is 6.61 Å². The fourth-order valence-corrected chi connectivity index (χ4v) is 3.83. The summed E-state index contributed by atoms with van der Waals surface area (Å²) in [6.07, 6.45) is -2.96. The second-order valence-electron chi connectivity index (χ2n) is 8.23. The summed E-state index contributed by atoms with van der Waals surface area (Å²) in [4.78, 5) is 38.7. The molecule has 0 radical (unpaired) electrons. The summed E-state index contributed by atoms with van der Waals surface area (Å²) in [5.41, 5.74) is -1.91. The van der Waals surface area contributed by atoms with Crippen molar-refractivity contribution in [3.8, 4) is 0 Å². The molecular weight excluding hydrogens is 468 g/mol. The van der Waals surface area contributed by atoms with Crippen molar-refractivity contribution in [2.24, 2.45) is 0 Å². The Kier molecular flexibility index (Phi) is 7.16. The van der Waals surface area contributed by atoms with Crippen molar-refractivity contribution in [1.29, 1.82) is 0 Å². The Morgan fingerprint density at radius 3 is 1.61 bits per heavy atom. The molecule has 1 heterocycles. The minimum atomic E-state index is -2.92. The van der Waals surface area contributed by atoms with E-state index in [2.05, 4.69) is 0 Å². The van der Waals surface area contributed by atoms with E-state index in [0.717, 1.165) is 0 Å². The van der Waals surface area contributed by atoms with E-state index in [9.17, 15) is 24.6 Å². The average molecular weight is 492 g/mol. The molecule has 0 amide bonds. The number of hydrogen-bond donors (Lipinski definition) is 2. The summed E-state index contributed by atoms with van der Waals surface area (Å²) in [6, 6.07) is 23.6. The van der Waals surface area contributed by atoms with Gasteiger partial charge in [-0.25, -0.2) is 14.4 Å². The van der Waals surface area contributed by atoms with Crippen LogP contribution >= 0.6 is 0 Å². The summed E-state index contributed by atoms with van der Waals surface area (Å²) < 4.78 is 22.0. The van der Waals surface area contributed by atoms with Gasteiger partial charge < -0.3 is 29.2 Å². The number of rotatable bonds is 7. The lowest BCUT2D eigenvalue weighted by Gasteiger charge is -2.37. The van der Waals surface area contributed by atoms with E-state index in [-0.39, 0.29) is 16.7 Å². The van der Waals surface area contributed by atoms with E-state index in [1.807, 2.05) is 0 Å². The van der Waals surface area contributed by atoms with Crippen molar-refractivity contribution in [3.05, 3.63) is 108 Å². The number of ether oxygens (including phenoxy) is 4. The van der Waals surface area contributed by atoms with Crippen molar-refractivity contribution in [2.45, 2.75) is 30.7 Å². The zero-order valence-corrected chi connectivity index (χ0v) is 19.3. The van der Waals surface area contributed by atoms with Crippen LogP contribution in [0.4, 0.5) is 0 Å². The molecule has 4 rings (SSSR count). The molecule has 3 aromatic carbocycles. The third kappa shape index (κ3) is 4.85. The maximum absolute atomic E-state index is 13.0. The van der Waals surface area contributed by atoms with Gasteiger partial charge in [0.05, 0.1) is 23.3 Å². The average Bonchev–Trinajstić information content (AvgIpc) is 3.11. The zero-order chi connectivity index (χ0) is 25.8. The third-order valence-corrected chi connectivity index (χ3v) is 5.80. The molecule has 9 nitrogen and oxygen atoms in total. The molecule has 9 heteroatoms. The minimum Gasteiger partial charge on any atom is -0.451 e. The van der Waals surface area contributed by atoms with Gasteiger partial charge in [0.1, 0.15) is 6.10 Å². The van der Waals surface area contributed by atoms with E-state index in [1.165, 1.54) is 43.3 Å². The van der Waals surface area contributed by atoms with E-state index in [4.69, 9.17) is 18.9 Å². The van der Waals surface area contributed by atoms with Crippen molar-refractivity contribution < 1.29 is 43.5 Å². The van der Waals surface area contributed by atoms with Gasteiger partial charge in [-0.05, 0) is 43.3 Å². The maximum atomic E-state index is 13.0. The maximum Gasteiger partial charge on any atom is 0.373 e. The first-order valence-corrected chi connectivity index (χ1v) is 11.1. The van der Waals surface area contributed by atoms with Crippen molar-refractivity contribution in [3.63, 3.8) is 0 Å². The van der Waals surface area contributed by atoms with Gasteiger partial charge in [0.2, 0.25) is 5.60 Å². The highest BCUT2D eigenvalue weighted by atomic mass is 16.9. The fourth-order valence-electron chi connectivity index (χ4n) is 3.83. The predicted molar refractivity (Wildman–Crippen MR) is 125 cm³/mol. The lowest BCUT2D eigenvalue weighted by Crippen LogP contribution is -2.60. The molecule has 0 unspecified atom stereocenters. The first-order chi connectivity index (χ1) is 17.3. The van der Waals surface area contributed by atoms with Crippen molar-refractivity contribution in [1.82, 2.24) is 0 Å². The lowest BCUT2D eigenvalue weighted by molar-refractivity contribution is -0.374. The number of aliphatic hydroxyl groups is 2. The molecular formula is C27H24O9. The first kappa shape index (κ1) is 25.1. The van der Waals surface area contributed by atoms with Gasteiger partial charge in [0.25, 0.3) is 0 Å². The SMILES string of the molecule is C[C@@]1(OC(=O)c2ccccc2)[C@H](OC(=O)c2ccccc2)[C@@H](CO)O[C@@]1(O)OC(=O)c1ccccc1. The van der Waals surface area contributed by atoms with Crippen LogP contribution in [0, 0.1) is 0 Å². The highest BCUT2D eigenvalue weighted by Crippen LogP contribution is 2.44. The smallest absolute Gasteiger partial charge is 0.373 e. The summed E-state index contributed by atoms with van der Waals surface area (Å²) in [5, 5.41) is 21.4. The molecule has 4 atom stereocenters. The molecule has 0 aliphatic carbocycles. The topological polar surface area (TPSA) is 129 Å². The summed E-state index contributed by atoms with van der Waals surface area (Å²) in [7, 11) is 0. The summed E-state index contributed by atoms with van der Waals surface area (Å²) in [6.45, 7) is 0.446. The van der Waals surface area contributed by atoms with Crippen LogP contribution in [-0.4, -0.2) is 58.5 Å². The van der Waals surface area contributed by atoms with Crippen LogP contribution in [0.25, 0.3) is 0 Å². The first-order valence-electron chi connectivity index (χ1n) is 11.1. The number of esters is 3. The van der Waals surface area contributed by atoms with E-state index in [0.29, 0.717) is 0 Å². The zero-order valence-electron chi connectivity index (χ0n) is 19.3. The molecule has 0 aromatic heterocycles. The van der Waals surface area contributed by atoms with Crippen LogP contribution in [0.1, 0.15) is 38.0 Å². The Balaban J connectivity index is 1.71. The molecule has 186 valence electrons. The predicted octanol–water partition coefficient (Wildman–Crippen LogP) is 2.72. The summed E-state index contributed by atoms with van der Waals surface area (Å²) in [5.74, 6) is -5.65. The van der Waals surface area contributed by atoms with Crippen LogP contribution in [0.2, 0.25) is 0 Å². The molecule has 1 aliphatic heterocycles. The number of benzene rings is 3. The lowest BCUT2D eigenvalue weighted by atomic mass is 9.94. The van der Waals surface area contributed by atoms with Crippen LogP contribution in [-0.2, 0) is 18.9 Å². The largest absolute Gasteiger partial charge is 0.451 e. The highest BCUT2D eigenvalue weighted by molar-refractivity contribution is 5.91. The molecule has 3 aromatic rings. The number of carbonyl (C=O) groups excluding carboxylic acids is 3. The Labute approximate surface area is 206 Å². The van der Waals surface area contributed by atoms with Gasteiger partial charge >= 0.3 is 23.9 Å². The van der Waals surface area contributed by atoms with Crippen LogP contribution < -0.4 is 0 Å². The van der Waals surface area contributed by atoms with Gasteiger partial charge in [-0.15, -0.1) is 0 Å². The minimum absolute atomic E-state index is 0.0801. The standard InChI is InChI=1S/C27H24O9/c1-26(35-24(30)19-13-7-3-8-14-19)22(33-23(29)18-11-5-2-6-12-18)21(17-28)34-27(26,32)36-25(31)20-15-9-4-10-16-20/h2-16,21-22,28,32H,17H2,1H3/t21-,22-,26-,27-/m1/s1. The quantitative estimate of drug-likeness (QED) is 0.291. The Morgan fingerprint density at radius 2 is 1.17 bits per heavy atom. The van der Waals surface area contributed by atoms with Crippen LogP contribution in [0.15, 0.2) is 91.0 Å². The molecule has 36 heavy (non-hydrogen) atoms. The monoisotopic (exact) mass is 492 g/mol. The second kappa shape index (κ2) is 10.3. The molecule has 1 aliphatic rings. The van der Waals surface area contributed by atoms with Gasteiger partial charge in [-0.2, -0.15) is 0 Å². The highest BCUT2D eigenvalue weighted by Gasteiger charge is 2.71. The second-order valence-corrected chi connectivity index (χ2v) is 8.23. The fraction of sp³-hybridized carbons (Fsp3) is 0.222. The molecule has 1 fully saturated rings.